The van der Waals surface area contributed by atoms with E-state index in [0.717, 1.165) is 5.69 Å². The maximum absolute atomic E-state index is 13.9. The number of morpholine rings is 1. The fourth-order valence-electron chi connectivity index (χ4n) is 5.63. The van der Waals surface area contributed by atoms with Gasteiger partial charge in [-0.2, -0.15) is 15.4 Å². The number of piperidine rings is 1. The van der Waals surface area contributed by atoms with Crippen molar-refractivity contribution in [3.63, 3.8) is 0 Å². The summed E-state index contributed by atoms with van der Waals surface area (Å²) in [6.07, 6.45) is 0.974. The molecule has 4 heterocycles. The lowest BCUT2D eigenvalue weighted by Crippen LogP contribution is -2.57. The number of hydrogen-bond donors (Lipinski definition) is 1. The molecule has 6 rings (SSSR count). The first kappa shape index (κ1) is 23.4. The third kappa shape index (κ3) is 4.18. The van der Waals surface area contributed by atoms with Gasteiger partial charge in [-0.1, -0.05) is 18.2 Å². The minimum atomic E-state index is -0.792. The number of likely N-dealkylation sites (tertiary alicyclic amines) is 1. The van der Waals surface area contributed by atoms with E-state index < -0.39 is 5.54 Å². The summed E-state index contributed by atoms with van der Waals surface area (Å²) in [5, 5.41) is 10.7. The molecule has 3 aliphatic heterocycles. The molecule has 3 amide bonds. The van der Waals surface area contributed by atoms with Crippen LogP contribution in [0.3, 0.4) is 0 Å². The van der Waals surface area contributed by atoms with Gasteiger partial charge in [0, 0.05) is 37.4 Å². The molecule has 0 unspecified atom stereocenters. The van der Waals surface area contributed by atoms with Gasteiger partial charge in [0.15, 0.2) is 0 Å². The van der Waals surface area contributed by atoms with Crippen LogP contribution >= 0.6 is 0 Å². The Hall–Kier alpha value is -3.99. The van der Waals surface area contributed by atoms with Crippen LogP contribution in [0, 0.1) is 0 Å². The molecule has 11 nitrogen and oxygen atoms in total. The maximum atomic E-state index is 13.9. The smallest absolute Gasteiger partial charge is 0.253 e. The normalized spacial score (nSPS) is 19.7. The fourth-order valence-corrected chi connectivity index (χ4v) is 5.63. The molecule has 0 radical (unpaired) electrons. The van der Waals surface area contributed by atoms with Gasteiger partial charge in [-0.15, -0.1) is 0 Å². The first-order valence-corrected chi connectivity index (χ1v) is 12.6. The van der Waals surface area contributed by atoms with Gasteiger partial charge in [-0.05, 0) is 43.2 Å². The summed E-state index contributed by atoms with van der Waals surface area (Å²) in [6.45, 7) is 3.41. The van der Waals surface area contributed by atoms with Gasteiger partial charge in [-0.25, -0.2) is 0 Å². The number of amides is 3. The third-order valence-electron chi connectivity index (χ3n) is 7.71. The summed E-state index contributed by atoms with van der Waals surface area (Å²) < 4.78 is 5.36. The topological polar surface area (TPSA) is 115 Å². The number of H-pyrrole nitrogens is 1. The van der Waals surface area contributed by atoms with E-state index >= 15 is 0 Å². The fraction of sp³-hybridized carbons (Fsp3) is 0.423. The highest BCUT2D eigenvalue weighted by Crippen LogP contribution is 2.39. The number of aromatic nitrogens is 3. The summed E-state index contributed by atoms with van der Waals surface area (Å²) in [7, 11) is 0. The average molecular weight is 504 g/mol. The molecule has 1 aromatic heterocycles. The number of aromatic amines is 1. The number of nitrogens with zero attached hydrogens (tertiary/aromatic N) is 6. The van der Waals surface area contributed by atoms with Crippen LogP contribution in [0.15, 0.2) is 48.5 Å². The lowest BCUT2D eigenvalue weighted by atomic mass is 9.85. The van der Waals surface area contributed by atoms with Crippen LogP contribution in [0.1, 0.15) is 23.2 Å². The first-order chi connectivity index (χ1) is 18.0. The Balaban J connectivity index is 1.21. The molecule has 192 valence electrons. The summed E-state index contributed by atoms with van der Waals surface area (Å²) in [4.78, 5) is 47.5. The van der Waals surface area contributed by atoms with E-state index in [0.29, 0.717) is 75.5 Å². The van der Waals surface area contributed by atoms with Crippen molar-refractivity contribution in [2.24, 2.45) is 0 Å². The molecule has 0 aliphatic carbocycles. The molecule has 1 spiro atoms. The van der Waals surface area contributed by atoms with Crippen LogP contribution in [0.4, 0.5) is 5.69 Å². The zero-order valence-electron chi connectivity index (χ0n) is 20.5. The first-order valence-electron chi connectivity index (χ1n) is 12.6. The monoisotopic (exact) mass is 503 g/mol. The largest absolute Gasteiger partial charge is 0.378 e. The Bertz CT molecular complexity index is 1310. The number of benzene rings is 2. The summed E-state index contributed by atoms with van der Waals surface area (Å²) in [6, 6.07) is 15.1. The molecule has 3 aliphatic rings. The summed E-state index contributed by atoms with van der Waals surface area (Å²) >= 11 is 0. The molecular formula is C26H29N7O4. The Kier molecular flexibility index (Phi) is 5.99. The minimum Gasteiger partial charge on any atom is -0.378 e. The van der Waals surface area contributed by atoms with Gasteiger partial charge in [0.2, 0.25) is 5.91 Å². The van der Waals surface area contributed by atoms with Gasteiger partial charge in [0.1, 0.15) is 23.1 Å². The van der Waals surface area contributed by atoms with E-state index in [9.17, 15) is 14.4 Å². The molecule has 11 heteroatoms. The highest BCUT2D eigenvalue weighted by molar-refractivity contribution is 5.99. The zero-order valence-corrected chi connectivity index (χ0v) is 20.5. The molecule has 37 heavy (non-hydrogen) atoms. The number of ether oxygens (including phenoxy) is 1. The SMILES string of the molecule is O=C(CN1CN(c2ccccc2)C2(CCN(C(=O)c3ccc4n[nH]nc4c3)CC2)C1=O)N1CCOCC1. The minimum absolute atomic E-state index is 0.0459. The van der Waals surface area contributed by atoms with Crippen LogP contribution in [0.2, 0.25) is 0 Å². The van der Waals surface area contributed by atoms with E-state index in [1.165, 1.54) is 0 Å². The number of anilines is 1. The van der Waals surface area contributed by atoms with E-state index in [-0.39, 0.29) is 24.3 Å². The van der Waals surface area contributed by atoms with Crippen LogP contribution in [0.5, 0.6) is 0 Å². The molecule has 0 atom stereocenters. The number of hydrogen-bond acceptors (Lipinski definition) is 7. The molecule has 2 aromatic carbocycles. The summed E-state index contributed by atoms with van der Waals surface area (Å²) in [5.41, 5.74) is 2.04. The second-order valence-corrected chi connectivity index (χ2v) is 9.75. The predicted molar refractivity (Wildman–Crippen MR) is 135 cm³/mol. The Morgan fingerprint density at radius 3 is 2.41 bits per heavy atom. The van der Waals surface area contributed by atoms with Crippen molar-refractivity contribution < 1.29 is 19.1 Å². The molecule has 0 bridgehead atoms. The van der Waals surface area contributed by atoms with Crippen molar-refractivity contribution >= 4 is 34.4 Å². The van der Waals surface area contributed by atoms with Crippen molar-refractivity contribution in [3.8, 4) is 0 Å². The standard InChI is InChI=1S/C26H29N7O4/c34-23(30-12-14-37-15-13-30)17-32-18-33(20-4-2-1-3-5-20)26(25(32)36)8-10-31(11-9-26)24(35)19-6-7-21-22(16-19)28-29-27-21/h1-7,16H,8-15,17-18H2,(H,27,28,29). The average Bonchev–Trinajstić information content (AvgIpc) is 3.52. The van der Waals surface area contributed by atoms with E-state index in [1.54, 1.807) is 32.9 Å². The van der Waals surface area contributed by atoms with Crippen LogP contribution in [-0.4, -0.2) is 106 Å². The molecule has 3 saturated heterocycles. The second kappa shape index (κ2) is 9.47. The summed E-state index contributed by atoms with van der Waals surface area (Å²) in [5.74, 6) is -0.192. The number of para-hydroxylation sites is 1. The van der Waals surface area contributed by atoms with Crippen molar-refractivity contribution in [2.45, 2.75) is 18.4 Å². The maximum Gasteiger partial charge on any atom is 0.253 e. The second-order valence-electron chi connectivity index (χ2n) is 9.75. The lowest BCUT2D eigenvalue weighted by molar-refractivity contribution is -0.143. The van der Waals surface area contributed by atoms with Gasteiger partial charge >= 0.3 is 0 Å². The number of nitrogens with one attached hydrogen (secondary N) is 1. The molecule has 0 saturated carbocycles. The van der Waals surface area contributed by atoms with Gasteiger partial charge < -0.3 is 24.3 Å². The van der Waals surface area contributed by atoms with Crippen LogP contribution in [-0.2, 0) is 14.3 Å². The number of carbonyl (C=O) groups excluding carboxylic acids is 3. The predicted octanol–water partition coefficient (Wildman–Crippen LogP) is 1.10. The highest BCUT2D eigenvalue weighted by atomic mass is 16.5. The molecule has 3 aromatic rings. The Morgan fingerprint density at radius 1 is 0.919 bits per heavy atom. The van der Waals surface area contributed by atoms with Gasteiger partial charge in [-0.3, -0.25) is 14.4 Å². The van der Waals surface area contributed by atoms with Crippen molar-refractivity contribution in [1.29, 1.82) is 0 Å². The Labute approximate surface area is 213 Å². The van der Waals surface area contributed by atoms with Gasteiger partial charge in [0.25, 0.3) is 11.8 Å². The van der Waals surface area contributed by atoms with Gasteiger partial charge in [0.05, 0.1) is 19.9 Å². The van der Waals surface area contributed by atoms with Crippen LogP contribution < -0.4 is 4.90 Å². The molecular weight excluding hydrogens is 474 g/mol. The zero-order chi connectivity index (χ0) is 25.4. The van der Waals surface area contributed by atoms with Crippen LogP contribution in [0.25, 0.3) is 11.0 Å². The van der Waals surface area contributed by atoms with E-state index in [1.807, 2.05) is 30.3 Å². The van der Waals surface area contributed by atoms with Crippen molar-refractivity contribution in [2.75, 3.05) is 57.5 Å². The molecule has 3 fully saturated rings. The highest BCUT2D eigenvalue weighted by Gasteiger charge is 2.54. The van der Waals surface area contributed by atoms with E-state index in [4.69, 9.17) is 4.74 Å². The Morgan fingerprint density at radius 2 is 1.65 bits per heavy atom. The third-order valence-corrected chi connectivity index (χ3v) is 7.71. The number of carbonyl (C=O) groups is 3. The quantitative estimate of drug-likeness (QED) is 0.567. The molecule has 1 N–H and O–H groups in total. The van der Waals surface area contributed by atoms with E-state index in [2.05, 4.69) is 20.3 Å². The van der Waals surface area contributed by atoms with Crippen molar-refractivity contribution in [3.05, 3.63) is 54.1 Å². The number of fused-ring (bicyclic) bond motifs is 1. The van der Waals surface area contributed by atoms with Crippen molar-refractivity contribution in [1.82, 2.24) is 30.1 Å². The lowest BCUT2D eigenvalue weighted by Gasteiger charge is -2.43. The number of rotatable bonds is 4.